The molecule has 0 saturated carbocycles. The van der Waals surface area contributed by atoms with E-state index in [9.17, 15) is 4.79 Å². The van der Waals surface area contributed by atoms with Crippen LogP contribution in [0.3, 0.4) is 0 Å². The Morgan fingerprint density at radius 2 is 0.875 bits per heavy atom. The SMILES string of the molecule is COc1ccc2c(c1)c1cc(OC(C)=O)ccc1c1c(-c3ccc(C(C)(C)C)cc3)c(-c3cncnc3)c(-c3cncnc3)c(-c3ccc(C(C)(C)C)cc3)c21. The number of hydrogen-bond donors (Lipinski definition) is 0. The van der Waals surface area contributed by atoms with Gasteiger partial charge in [-0.2, -0.15) is 0 Å². The van der Waals surface area contributed by atoms with E-state index in [1.54, 1.807) is 19.8 Å². The Labute approximate surface area is 327 Å². The molecule has 0 fully saturated rings. The van der Waals surface area contributed by atoms with Gasteiger partial charge >= 0.3 is 5.97 Å². The van der Waals surface area contributed by atoms with Gasteiger partial charge in [0.1, 0.15) is 24.2 Å². The zero-order valence-corrected chi connectivity index (χ0v) is 33.1. The number of methoxy groups -OCH3 is 1. The Hall–Kier alpha value is -6.47. The summed E-state index contributed by atoms with van der Waals surface area (Å²) in [6, 6.07) is 30.0. The van der Waals surface area contributed by atoms with Crippen LogP contribution in [0.1, 0.15) is 59.6 Å². The fraction of sp³-hybridized carbons (Fsp3) is 0.204. The van der Waals surface area contributed by atoms with Crippen LogP contribution in [0.5, 0.6) is 11.5 Å². The lowest BCUT2D eigenvalue weighted by Crippen LogP contribution is -2.10. The van der Waals surface area contributed by atoms with Gasteiger partial charge < -0.3 is 9.47 Å². The highest BCUT2D eigenvalue weighted by Crippen LogP contribution is 2.55. The molecule has 7 nitrogen and oxygen atoms in total. The molecule has 0 spiro atoms. The molecule has 7 heteroatoms. The number of hydrogen-bond acceptors (Lipinski definition) is 7. The first kappa shape index (κ1) is 36.5. The normalized spacial score (nSPS) is 12.0. The van der Waals surface area contributed by atoms with Crippen LogP contribution in [0.4, 0.5) is 0 Å². The number of carbonyl (C=O) groups is 1. The molecule has 0 bridgehead atoms. The number of esters is 1. The van der Waals surface area contributed by atoms with Crippen molar-refractivity contribution in [3.63, 3.8) is 0 Å². The molecule has 278 valence electrons. The lowest BCUT2D eigenvalue weighted by Gasteiger charge is -2.27. The van der Waals surface area contributed by atoms with Gasteiger partial charge in [0.25, 0.3) is 0 Å². The van der Waals surface area contributed by atoms with E-state index in [0.717, 1.165) is 82.6 Å². The van der Waals surface area contributed by atoms with Crippen LogP contribution in [0.15, 0.2) is 122 Å². The second-order valence-corrected chi connectivity index (χ2v) is 16.4. The second-order valence-electron chi connectivity index (χ2n) is 16.4. The summed E-state index contributed by atoms with van der Waals surface area (Å²) in [4.78, 5) is 30.5. The summed E-state index contributed by atoms with van der Waals surface area (Å²) in [6.45, 7) is 14.8. The van der Waals surface area contributed by atoms with Gasteiger partial charge in [-0.05, 0) is 101 Å². The Morgan fingerprint density at radius 1 is 0.482 bits per heavy atom. The Morgan fingerprint density at radius 3 is 1.25 bits per heavy atom. The molecule has 6 aromatic carbocycles. The average Bonchev–Trinajstić information content (AvgIpc) is 3.19. The van der Waals surface area contributed by atoms with Gasteiger partial charge in [-0.25, -0.2) is 19.9 Å². The first-order valence-electron chi connectivity index (χ1n) is 18.8. The maximum atomic E-state index is 12.3. The molecule has 0 aliphatic carbocycles. The summed E-state index contributed by atoms with van der Waals surface area (Å²) < 4.78 is 11.5. The molecule has 56 heavy (non-hydrogen) atoms. The van der Waals surface area contributed by atoms with Crippen LogP contribution in [-0.4, -0.2) is 33.0 Å². The highest BCUT2D eigenvalue weighted by Gasteiger charge is 2.29. The van der Waals surface area contributed by atoms with Crippen molar-refractivity contribution in [2.45, 2.75) is 59.3 Å². The molecule has 8 rings (SSSR count). The van der Waals surface area contributed by atoms with E-state index in [1.807, 2.05) is 43.0 Å². The monoisotopic (exact) mass is 736 g/mol. The first-order chi connectivity index (χ1) is 26.8. The van der Waals surface area contributed by atoms with E-state index in [0.29, 0.717) is 5.75 Å². The minimum atomic E-state index is -0.381. The second kappa shape index (κ2) is 14.0. The highest BCUT2D eigenvalue weighted by atomic mass is 16.5. The fourth-order valence-corrected chi connectivity index (χ4v) is 7.86. The topological polar surface area (TPSA) is 87.1 Å². The van der Waals surface area contributed by atoms with Gasteiger partial charge in [-0.1, -0.05) is 102 Å². The summed E-state index contributed by atoms with van der Waals surface area (Å²) >= 11 is 0. The van der Waals surface area contributed by atoms with Crippen molar-refractivity contribution in [1.82, 2.24) is 19.9 Å². The van der Waals surface area contributed by atoms with E-state index >= 15 is 0 Å². The van der Waals surface area contributed by atoms with Crippen LogP contribution in [0.2, 0.25) is 0 Å². The number of carbonyl (C=O) groups excluding carboxylic acids is 1. The summed E-state index contributed by atoms with van der Waals surface area (Å²) in [7, 11) is 1.68. The molecule has 0 radical (unpaired) electrons. The van der Waals surface area contributed by atoms with Crippen molar-refractivity contribution in [3.8, 4) is 56.0 Å². The van der Waals surface area contributed by atoms with Gasteiger partial charge in [-0.15, -0.1) is 0 Å². The number of nitrogens with zero attached hydrogens (tertiary/aromatic N) is 4. The third-order valence-corrected chi connectivity index (χ3v) is 10.6. The number of benzene rings is 6. The molecular formula is C49H44N4O3. The number of rotatable bonds is 6. The van der Waals surface area contributed by atoms with Gasteiger partial charge in [0, 0.05) is 54.0 Å². The molecule has 0 amide bonds. The molecule has 0 aliphatic heterocycles. The zero-order valence-electron chi connectivity index (χ0n) is 33.1. The Balaban J connectivity index is 1.70. The summed E-state index contributed by atoms with van der Waals surface area (Å²) in [5, 5.41) is 6.02. The average molecular weight is 737 g/mol. The molecule has 0 aliphatic rings. The predicted molar refractivity (Wildman–Crippen MR) is 227 cm³/mol. The van der Waals surface area contributed by atoms with Crippen LogP contribution < -0.4 is 9.47 Å². The lowest BCUT2D eigenvalue weighted by molar-refractivity contribution is -0.131. The van der Waals surface area contributed by atoms with Crippen molar-refractivity contribution >= 4 is 38.3 Å². The van der Waals surface area contributed by atoms with Gasteiger partial charge in [0.05, 0.1) is 7.11 Å². The van der Waals surface area contributed by atoms with Crippen LogP contribution in [0.25, 0.3) is 76.8 Å². The van der Waals surface area contributed by atoms with Crippen molar-refractivity contribution in [2.75, 3.05) is 7.11 Å². The third-order valence-electron chi connectivity index (χ3n) is 10.6. The van der Waals surface area contributed by atoms with Crippen molar-refractivity contribution < 1.29 is 14.3 Å². The molecule has 8 aromatic rings. The largest absolute Gasteiger partial charge is 0.497 e. The van der Waals surface area contributed by atoms with Crippen LogP contribution >= 0.6 is 0 Å². The third kappa shape index (κ3) is 6.53. The maximum absolute atomic E-state index is 12.3. The Bertz CT molecular complexity index is 2770. The number of fused-ring (bicyclic) bond motifs is 6. The summed E-state index contributed by atoms with van der Waals surface area (Å²) in [6.07, 6.45) is 10.7. The maximum Gasteiger partial charge on any atom is 0.308 e. The van der Waals surface area contributed by atoms with Gasteiger partial charge in [0.15, 0.2) is 0 Å². The number of ether oxygens (including phenoxy) is 2. The molecular weight excluding hydrogens is 693 g/mol. The molecule has 2 heterocycles. The summed E-state index contributed by atoms with van der Waals surface area (Å²) in [5.74, 6) is 0.811. The highest BCUT2D eigenvalue weighted by molar-refractivity contribution is 6.35. The minimum Gasteiger partial charge on any atom is -0.497 e. The summed E-state index contributed by atoms with van der Waals surface area (Å²) in [5.41, 5.74) is 10.2. The molecule has 0 saturated heterocycles. The van der Waals surface area contributed by atoms with Crippen molar-refractivity contribution in [3.05, 3.63) is 133 Å². The van der Waals surface area contributed by atoms with E-state index in [4.69, 9.17) is 9.47 Å². The van der Waals surface area contributed by atoms with Gasteiger partial charge in [0.2, 0.25) is 0 Å². The standard InChI is InChI=1S/C49H44N4O3/c1-29(54)56-37-18-20-39-41(22-37)40-21-36(55-8)17-19-38(40)46-42(30-9-13-34(14-10-30)48(2,3)4)44(32-23-50-27-51-24-32)45(33-25-52-28-53-26-33)43(47(39)46)31-11-15-35(16-12-31)49(5,6)7/h9-28H,1-8H3. The molecule has 0 N–H and O–H groups in total. The van der Waals surface area contributed by atoms with Crippen molar-refractivity contribution in [1.29, 1.82) is 0 Å². The Kier molecular flexibility index (Phi) is 9.12. The molecule has 0 atom stereocenters. The van der Waals surface area contributed by atoms with E-state index in [2.05, 4.69) is 128 Å². The number of aromatic nitrogens is 4. The smallest absolute Gasteiger partial charge is 0.308 e. The van der Waals surface area contributed by atoms with Gasteiger partial charge in [-0.3, -0.25) is 4.79 Å². The predicted octanol–water partition coefficient (Wildman–Crippen LogP) is 11.9. The van der Waals surface area contributed by atoms with Crippen molar-refractivity contribution in [2.24, 2.45) is 0 Å². The molecule has 0 unspecified atom stereocenters. The minimum absolute atomic E-state index is 0.0363. The fourth-order valence-electron chi connectivity index (χ4n) is 7.86. The van der Waals surface area contributed by atoms with E-state index in [-0.39, 0.29) is 16.8 Å². The van der Waals surface area contributed by atoms with Crippen LogP contribution in [-0.2, 0) is 15.6 Å². The molecule has 2 aromatic heterocycles. The van der Waals surface area contributed by atoms with Crippen LogP contribution in [0, 0.1) is 0 Å². The first-order valence-corrected chi connectivity index (χ1v) is 18.8. The van der Waals surface area contributed by atoms with E-state index in [1.165, 1.54) is 18.1 Å². The quantitative estimate of drug-likeness (QED) is 0.0954. The zero-order chi connectivity index (χ0) is 39.4. The lowest BCUT2D eigenvalue weighted by atomic mass is 9.76. The van der Waals surface area contributed by atoms with E-state index < -0.39 is 0 Å².